The highest BCUT2D eigenvalue weighted by atomic mass is 19.4. The summed E-state index contributed by atoms with van der Waals surface area (Å²) in [5, 5.41) is 13.3. The normalized spacial score (nSPS) is 20.9. The van der Waals surface area contributed by atoms with E-state index in [4.69, 9.17) is 4.74 Å². The lowest BCUT2D eigenvalue weighted by Gasteiger charge is -2.36. The lowest BCUT2D eigenvalue weighted by atomic mass is 9.83. The van der Waals surface area contributed by atoms with Gasteiger partial charge in [0.25, 0.3) is 0 Å². The van der Waals surface area contributed by atoms with Crippen LogP contribution in [-0.4, -0.2) is 28.9 Å². The number of aryl methyl sites for hydroxylation is 2. The first-order valence-electron chi connectivity index (χ1n) is 7.29. The van der Waals surface area contributed by atoms with Gasteiger partial charge < -0.3 is 19.7 Å². The number of carbonyl (C=O) groups excluding carboxylic acids is 1. The van der Waals surface area contributed by atoms with Crippen molar-refractivity contribution in [2.75, 3.05) is 12.4 Å². The molecule has 2 N–H and O–H groups in total. The van der Waals surface area contributed by atoms with E-state index in [9.17, 15) is 23.1 Å². The fraction of sp³-hybridized carbons (Fsp3) is 0.438. The fourth-order valence-corrected chi connectivity index (χ4v) is 3.29. The number of methoxy groups -OCH3 is 1. The minimum atomic E-state index is -4.99. The van der Waals surface area contributed by atoms with Gasteiger partial charge in [-0.1, -0.05) is 0 Å². The maximum Gasteiger partial charge on any atom is 0.422 e. The second kappa shape index (κ2) is 4.89. The van der Waals surface area contributed by atoms with E-state index in [1.54, 1.807) is 18.5 Å². The zero-order valence-corrected chi connectivity index (χ0v) is 13.6. The van der Waals surface area contributed by atoms with Gasteiger partial charge in [0, 0.05) is 23.7 Å². The number of hydrogen-bond donors (Lipinski definition) is 2. The van der Waals surface area contributed by atoms with E-state index < -0.39 is 29.7 Å². The van der Waals surface area contributed by atoms with Crippen LogP contribution in [0.5, 0.6) is 5.75 Å². The zero-order valence-electron chi connectivity index (χ0n) is 13.6. The quantitative estimate of drug-likeness (QED) is 0.838. The van der Waals surface area contributed by atoms with Crippen LogP contribution in [0.2, 0.25) is 0 Å². The Labute approximate surface area is 136 Å². The monoisotopic (exact) mass is 342 g/mol. The molecule has 2 heterocycles. The molecule has 130 valence electrons. The van der Waals surface area contributed by atoms with E-state index in [1.165, 1.54) is 13.2 Å². The van der Waals surface area contributed by atoms with Crippen molar-refractivity contribution in [2.45, 2.75) is 32.0 Å². The zero-order chi connectivity index (χ0) is 18.0. The van der Waals surface area contributed by atoms with E-state index in [0.29, 0.717) is 10.9 Å². The van der Waals surface area contributed by atoms with Crippen LogP contribution in [0.4, 0.5) is 18.9 Å². The van der Waals surface area contributed by atoms with Gasteiger partial charge in [0.05, 0.1) is 24.7 Å². The topological polar surface area (TPSA) is 63.5 Å². The van der Waals surface area contributed by atoms with Crippen molar-refractivity contribution in [3.8, 4) is 5.75 Å². The predicted molar refractivity (Wildman–Crippen MR) is 82.1 cm³/mol. The molecule has 0 aliphatic carbocycles. The molecule has 5 nitrogen and oxygen atoms in total. The first-order valence-corrected chi connectivity index (χ1v) is 7.29. The van der Waals surface area contributed by atoms with E-state index >= 15 is 0 Å². The van der Waals surface area contributed by atoms with Gasteiger partial charge in [-0.3, -0.25) is 4.79 Å². The predicted octanol–water partition coefficient (Wildman–Crippen LogP) is 2.90. The number of carbonyl (C=O) groups is 1. The summed E-state index contributed by atoms with van der Waals surface area (Å²) in [5.74, 6) is -0.806. The molecule has 1 aliphatic rings. The number of nitrogens with zero attached hydrogens (tertiary/aromatic N) is 1. The summed E-state index contributed by atoms with van der Waals surface area (Å²) in [5.41, 5.74) is -1.57. The van der Waals surface area contributed by atoms with Gasteiger partial charge in [-0.15, -0.1) is 0 Å². The van der Waals surface area contributed by atoms with Crippen molar-refractivity contribution in [2.24, 2.45) is 7.05 Å². The van der Waals surface area contributed by atoms with Crippen molar-refractivity contribution in [3.05, 3.63) is 22.9 Å². The SMILES string of the molecule is COc1c2c(cc3c(C)c(C)n(C)c13)[C@@](O)(C(F)(F)F)CC(=O)N2. The van der Waals surface area contributed by atoms with E-state index in [2.05, 4.69) is 5.32 Å². The van der Waals surface area contributed by atoms with Gasteiger partial charge in [0.1, 0.15) is 0 Å². The summed E-state index contributed by atoms with van der Waals surface area (Å²) in [7, 11) is 3.08. The van der Waals surface area contributed by atoms with Gasteiger partial charge >= 0.3 is 6.18 Å². The van der Waals surface area contributed by atoms with Gasteiger partial charge in [0.2, 0.25) is 5.91 Å². The first-order chi connectivity index (χ1) is 11.0. The van der Waals surface area contributed by atoms with E-state index in [-0.39, 0.29) is 11.4 Å². The van der Waals surface area contributed by atoms with Crippen molar-refractivity contribution in [3.63, 3.8) is 0 Å². The van der Waals surface area contributed by atoms with Crippen molar-refractivity contribution >= 4 is 22.5 Å². The van der Waals surface area contributed by atoms with E-state index in [0.717, 1.165) is 11.3 Å². The molecule has 1 aromatic carbocycles. The second-order valence-electron chi connectivity index (χ2n) is 6.08. The molecular formula is C16H17F3N2O3. The first kappa shape index (κ1) is 16.6. The lowest BCUT2D eigenvalue weighted by molar-refractivity contribution is -0.267. The number of benzene rings is 1. The molecule has 1 amide bonds. The molecule has 1 aromatic heterocycles. The third kappa shape index (κ3) is 1.95. The molecule has 2 aromatic rings. The summed E-state index contributed by atoms with van der Waals surface area (Å²) in [6.45, 7) is 3.62. The number of nitrogens with one attached hydrogen (secondary N) is 1. The Morgan fingerprint density at radius 3 is 2.54 bits per heavy atom. The molecule has 0 spiro atoms. The van der Waals surface area contributed by atoms with Gasteiger partial charge in [-0.25, -0.2) is 0 Å². The number of rotatable bonds is 1. The van der Waals surface area contributed by atoms with Crippen LogP contribution in [0.15, 0.2) is 6.07 Å². The third-order valence-electron chi connectivity index (χ3n) is 4.84. The van der Waals surface area contributed by atoms with Crippen LogP contribution in [-0.2, 0) is 17.4 Å². The van der Waals surface area contributed by atoms with E-state index in [1.807, 2.05) is 6.92 Å². The van der Waals surface area contributed by atoms with Crippen LogP contribution in [0.3, 0.4) is 0 Å². The maximum absolute atomic E-state index is 13.5. The summed E-state index contributed by atoms with van der Waals surface area (Å²) >= 11 is 0. The standard InChI is InChI=1S/C16H17F3N2O3/c1-7-8(2)21(3)13-9(7)5-10-12(14(13)24-4)20-11(22)6-15(10,23)16(17,18)19/h5,23H,6H2,1-4H3,(H,20,22)/t15-/m1/s1. The molecule has 0 saturated carbocycles. The Kier molecular flexibility index (Phi) is 3.39. The minimum Gasteiger partial charge on any atom is -0.492 e. The van der Waals surface area contributed by atoms with Crippen LogP contribution in [0.1, 0.15) is 23.2 Å². The highest BCUT2D eigenvalue weighted by Crippen LogP contribution is 2.52. The Balaban J connectivity index is 2.49. The van der Waals surface area contributed by atoms with Crippen LogP contribution >= 0.6 is 0 Å². The Morgan fingerprint density at radius 2 is 2.00 bits per heavy atom. The summed E-state index contributed by atoms with van der Waals surface area (Å²) in [4.78, 5) is 11.8. The number of halogens is 3. The molecule has 0 radical (unpaired) electrons. The Morgan fingerprint density at radius 1 is 1.38 bits per heavy atom. The average Bonchev–Trinajstić information content (AvgIpc) is 2.69. The number of amides is 1. The molecular weight excluding hydrogens is 325 g/mol. The Hall–Kier alpha value is -2.22. The van der Waals surface area contributed by atoms with Crippen molar-refractivity contribution < 1.29 is 27.8 Å². The molecule has 0 bridgehead atoms. The molecule has 0 fully saturated rings. The lowest BCUT2D eigenvalue weighted by Crippen LogP contribution is -2.48. The number of hydrogen-bond acceptors (Lipinski definition) is 3. The van der Waals surface area contributed by atoms with Gasteiger partial charge in [0.15, 0.2) is 11.4 Å². The van der Waals surface area contributed by atoms with Crippen molar-refractivity contribution in [1.82, 2.24) is 4.57 Å². The molecule has 1 atom stereocenters. The third-order valence-corrected chi connectivity index (χ3v) is 4.84. The molecule has 0 saturated heterocycles. The van der Waals surface area contributed by atoms with Crippen molar-refractivity contribution in [1.29, 1.82) is 0 Å². The molecule has 24 heavy (non-hydrogen) atoms. The summed E-state index contributed by atoms with van der Waals surface area (Å²) < 4.78 is 47.7. The number of fused-ring (bicyclic) bond motifs is 2. The number of aliphatic hydroxyl groups is 1. The summed E-state index contributed by atoms with van der Waals surface area (Å²) in [6, 6.07) is 1.29. The number of ether oxygens (including phenoxy) is 1. The largest absolute Gasteiger partial charge is 0.492 e. The van der Waals surface area contributed by atoms with Crippen LogP contribution < -0.4 is 10.1 Å². The maximum atomic E-state index is 13.5. The number of alkyl halides is 3. The second-order valence-corrected chi connectivity index (χ2v) is 6.08. The number of aromatic nitrogens is 1. The Bertz CT molecular complexity index is 870. The minimum absolute atomic E-state index is 0.108. The highest BCUT2D eigenvalue weighted by molar-refractivity contribution is 6.04. The molecule has 0 unspecified atom stereocenters. The average molecular weight is 342 g/mol. The highest BCUT2D eigenvalue weighted by Gasteiger charge is 2.59. The molecule has 8 heteroatoms. The van der Waals surface area contributed by atoms with Gasteiger partial charge in [-0.2, -0.15) is 13.2 Å². The van der Waals surface area contributed by atoms with Crippen LogP contribution in [0, 0.1) is 13.8 Å². The van der Waals surface area contributed by atoms with Crippen LogP contribution in [0.25, 0.3) is 10.9 Å². The van der Waals surface area contributed by atoms with Gasteiger partial charge in [-0.05, 0) is 25.5 Å². The molecule has 3 rings (SSSR count). The molecule has 1 aliphatic heterocycles. The number of anilines is 1. The summed E-state index contributed by atoms with van der Waals surface area (Å²) in [6.07, 6.45) is -6.07. The smallest absolute Gasteiger partial charge is 0.422 e. The fourth-order valence-electron chi connectivity index (χ4n) is 3.29.